The lowest BCUT2D eigenvalue weighted by molar-refractivity contribution is -0.153. The normalized spacial score (nSPS) is 11.8. The average molecular weight is 362 g/mol. The molecule has 1 aromatic rings. The van der Waals surface area contributed by atoms with E-state index < -0.39 is 23.9 Å². The Kier molecular flexibility index (Phi) is 6.61. The number of carbonyl (C=O) groups excluding carboxylic acids is 2. The van der Waals surface area contributed by atoms with E-state index in [4.69, 9.17) is 15.2 Å². The number of anilines is 1. The summed E-state index contributed by atoms with van der Waals surface area (Å²) < 4.78 is 23.5. The van der Waals surface area contributed by atoms with Gasteiger partial charge >= 0.3 is 11.9 Å². The van der Waals surface area contributed by atoms with Crippen LogP contribution >= 0.6 is 15.9 Å². The molecule has 0 aliphatic heterocycles. The molecule has 0 fully saturated rings. The molecule has 0 spiro atoms. The molecule has 2 N–H and O–H groups in total. The standard InChI is InChI=1S/C14H17BrFNO4/c1-3-5-12(14(19)20-4-2)21-13(18)8-6-11(17)10(16)7-9(8)15/h6-7,12H,3-5,17H2,1-2H3. The van der Waals surface area contributed by atoms with Gasteiger partial charge in [-0.15, -0.1) is 0 Å². The van der Waals surface area contributed by atoms with Crippen molar-refractivity contribution in [2.24, 2.45) is 0 Å². The highest BCUT2D eigenvalue weighted by atomic mass is 79.9. The highest BCUT2D eigenvalue weighted by Crippen LogP contribution is 2.24. The molecule has 1 rings (SSSR count). The summed E-state index contributed by atoms with van der Waals surface area (Å²) in [6.07, 6.45) is 0.00292. The van der Waals surface area contributed by atoms with Gasteiger partial charge in [0, 0.05) is 4.47 Å². The van der Waals surface area contributed by atoms with Gasteiger partial charge in [-0.2, -0.15) is 0 Å². The zero-order chi connectivity index (χ0) is 16.0. The van der Waals surface area contributed by atoms with E-state index in [1.807, 2.05) is 6.92 Å². The lowest BCUT2D eigenvalue weighted by atomic mass is 10.2. The predicted molar refractivity (Wildman–Crippen MR) is 79.3 cm³/mol. The number of hydrogen-bond acceptors (Lipinski definition) is 5. The number of rotatable bonds is 6. The van der Waals surface area contributed by atoms with Crippen molar-refractivity contribution in [1.82, 2.24) is 0 Å². The van der Waals surface area contributed by atoms with Gasteiger partial charge in [0.25, 0.3) is 0 Å². The maximum atomic E-state index is 13.3. The second kappa shape index (κ2) is 7.97. The van der Waals surface area contributed by atoms with Crippen LogP contribution in [0.15, 0.2) is 16.6 Å². The predicted octanol–water partition coefficient (Wildman–Crippen LogP) is 3.06. The van der Waals surface area contributed by atoms with Gasteiger partial charge < -0.3 is 15.2 Å². The van der Waals surface area contributed by atoms with Crippen LogP contribution in [0.1, 0.15) is 37.0 Å². The fourth-order valence-electron chi connectivity index (χ4n) is 1.64. The first-order valence-electron chi connectivity index (χ1n) is 6.52. The van der Waals surface area contributed by atoms with E-state index in [0.29, 0.717) is 12.8 Å². The van der Waals surface area contributed by atoms with Crippen LogP contribution in [-0.4, -0.2) is 24.6 Å². The van der Waals surface area contributed by atoms with Crippen LogP contribution in [-0.2, 0) is 14.3 Å². The van der Waals surface area contributed by atoms with Crippen molar-refractivity contribution in [3.05, 3.63) is 28.0 Å². The SMILES string of the molecule is CCCC(OC(=O)c1cc(N)c(F)cc1Br)C(=O)OCC. The second-order valence-corrected chi connectivity index (χ2v) is 5.14. The topological polar surface area (TPSA) is 78.6 Å². The zero-order valence-corrected chi connectivity index (χ0v) is 13.4. The van der Waals surface area contributed by atoms with Crippen molar-refractivity contribution in [2.45, 2.75) is 32.8 Å². The lowest BCUT2D eigenvalue weighted by Crippen LogP contribution is -2.29. The Morgan fingerprint density at radius 3 is 2.62 bits per heavy atom. The summed E-state index contributed by atoms with van der Waals surface area (Å²) >= 11 is 3.07. The number of esters is 2. The monoisotopic (exact) mass is 361 g/mol. The van der Waals surface area contributed by atoms with Crippen molar-refractivity contribution in [3.63, 3.8) is 0 Å². The molecule has 0 amide bonds. The Morgan fingerprint density at radius 2 is 2.05 bits per heavy atom. The van der Waals surface area contributed by atoms with Crippen molar-refractivity contribution in [2.75, 3.05) is 12.3 Å². The van der Waals surface area contributed by atoms with Crippen LogP contribution < -0.4 is 5.73 Å². The summed E-state index contributed by atoms with van der Waals surface area (Å²) in [5.41, 5.74) is 5.31. The number of nitrogens with two attached hydrogens (primary N) is 1. The van der Waals surface area contributed by atoms with Gasteiger partial charge in [0.2, 0.25) is 0 Å². The van der Waals surface area contributed by atoms with Crippen molar-refractivity contribution < 1.29 is 23.5 Å². The molecule has 21 heavy (non-hydrogen) atoms. The minimum atomic E-state index is -0.986. The first kappa shape index (κ1) is 17.4. The molecule has 0 heterocycles. The van der Waals surface area contributed by atoms with Crippen LogP contribution in [0.4, 0.5) is 10.1 Å². The third kappa shape index (κ3) is 4.70. The van der Waals surface area contributed by atoms with Gasteiger partial charge in [-0.3, -0.25) is 0 Å². The van der Waals surface area contributed by atoms with Crippen LogP contribution in [0.3, 0.4) is 0 Å². The molecular formula is C14H17BrFNO4. The van der Waals surface area contributed by atoms with E-state index in [-0.39, 0.29) is 22.3 Å². The molecule has 116 valence electrons. The highest BCUT2D eigenvalue weighted by molar-refractivity contribution is 9.10. The largest absolute Gasteiger partial charge is 0.463 e. The summed E-state index contributed by atoms with van der Waals surface area (Å²) in [7, 11) is 0. The summed E-state index contributed by atoms with van der Waals surface area (Å²) in [6, 6.07) is 2.24. The Hall–Kier alpha value is -1.63. The first-order valence-corrected chi connectivity index (χ1v) is 7.32. The Morgan fingerprint density at radius 1 is 1.38 bits per heavy atom. The van der Waals surface area contributed by atoms with E-state index in [9.17, 15) is 14.0 Å². The molecular weight excluding hydrogens is 345 g/mol. The molecule has 0 saturated heterocycles. The highest BCUT2D eigenvalue weighted by Gasteiger charge is 2.25. The van der Waals surface area contributed by atoms with Gasteiger partial charge in [-0.1, -0.05) is 13.3 Å². The van der Waals surface area contributed by atoms with Crippen molar-refractivity contribution in [3.8, 4) is 0 Å². The van der Waals surface area contributed by atoms with Gasteiger partial charge in [-0.25, -0.2) is 14.0 Å². The lowest BCUT2D eigenvalue weighted by Gasteiger charge is -2.16. The van der Waals surface area contributed by atoms with Crippen molar-refractivity contribution in [1.29, 1.82) is 0 Å². The molecule has 0 radical (unpaired) electrons. The molecule has 7 heteroatoms. The molecule has 1 aromatic carbocycles. The average Bonchev–Trinajstić information content (AvgIpc) is 2.42. The van der Waals surface area contributed by atoms with Crippen LogP contribution in [0.2, 0.25) is 0 Å². The molecule has 0 aliphatic carbocycles. The van der Waals surface area contributed by atoms with E-state index in [0.717, 1.165) is 12.1 Å². The fourth-order valence-corrected chi connectivity index (χ4v) is 2.11. The summed E-state index contributed by atoms with van der Waals surface area (Å²) in [5, 5.41) is 0. The van der Waals surface area contributed by atoms with Crippen LogP contribution in [0.25, 0.3) is 0 Å². The molecule has 1 atom stereocenters. The molecule has 0 aliphatic rings. The quantitative estimate of drug-likeness (QED) is 0.622. The number of benzene rings is 1. The smallest absolute Gasteiger partial charge is 0.347 e. The Labute approximate surface area is 130 Å². The number of nitrogen functional groups attached to an aromatic ring is 1. The molecule has 0 bridgehead atoms. The first-order chi connectivity index (χ1) is 9.90. The zero-order valence-electron chi connectivity index (χ0n) is 11.8. The number of hydrogen-bond donors (Lipinski definition) is 1. The Balaban J connectivity index is 2.91. The minimum Gasteiger partial charge on any atom is -0.463 e. The van der Waals surface area contributed by atoms with E-state index in [1.54, 1.807) is 6.92 Å². The van der Waals surface area contributed by atoms with Crippen molar-refractivity contribution >= 4 is 33.6 Å². The maximum Gasteiger partial charge on any atom is 0.347 e. The summed E-state index contributed by atoms with van der Waals surface area (Å²) in [5.74, 6) is -2.01. The fraction of sp³-hybridized carbons (Fsp3) is 0.429. The molecule has 0 aromatic heterocycles. The van der Waals surface area contributed by atoms with Gasteiger partial charge in [-0.05, 0) is 41.4 Å². The minimum absolute atomic E-state index is 0.0549. The maximum absolute atomic E-state index is 13.3. The number of ether oxygens (including phenoxy) is 2. The summed E-state index contributed by atoms with van der Waals surface area (Å²) in [4.78, 5) is 23.8. The molecule has 0 saturated carbocycles. The van der Waals surface area contributed by atoms with Crippen LogP contribution in [0.5, 0.6) is 0 Å². The van der Waals surface area contributed by atoms with Crippen LogP contribution in [0, 0.1) is 5.82 Å². The van der Waals surface area contributed by atoms with Gasteiger partial charge in [0.05, 0.1) is 17.9 Å². The summed E-state index contributed by atoms with van der Waals surface area (Å²) in [6.45, 7) is 3.72. The number of halogens is 2. The molecule has 1 unspecified atom stereocenters. The third-order valence-electron chi connectivity index (χ3n) is 2.66. The second-order valence-electron chi connectivity index (χ2n) is 4.29. The van der Waals surface area contributed by atoms with Gasteiger partial charge in [0.1, 0.15) is 5.82 Å². The Bertz CT molecular complexity index is 536. The van der Waals surface area contributed by atoms with E-state index in [1.165, 1.54) is 0 Å². The van der Waals surface area contributed by atoms with Gasteiger partial charge in [0.15, 0.2) is 6.10 Å². The van der Waals surface area contributed by atoms with E-state index >= 15 is 0 Å². The number of carbonyl (C=O) groups is 2. The molecule has 5 nitrogen and oxygen atoms in total. The van der Waals surface area contributed by atoms with E-state index in [2.05, 4.69) is 15.9 Å². The third-order valence-corrected chi connectivity index (χ3v) is 3.31.